The minimum absolute atomic E-state index is 0.0170. The van der Waals surface area contributed by atoms with Crippen LogP contribution in [0.25, 0.3) is 0 Å². The van der Waals surface area contributed by atoms with Crippen LogP contribution in [0.1, 0.15) is 62.2 Å². The Bertz CT molecular complexity index is 1870. The first-order valence-electron chi connectivity index (χ1n) is 14.4. The molecule has 0 amide bonds. The molecule has 0 radical (unpaired) electrons. The number of benzene rings is 3. The predicted octanol–water partition coefficient (Wildman–Crippen LogP) is 3.69. The molecule has 1 heterocycles. The molecule has 3 aromatic rings. The molecule has 0 bridgehead atoms. The Balaban J connectivity index is 1.87. The lowest BCUT2D eigenvalue weighted by atomic mass is 9.93. The largest absolute Gasteiger partial charge is 0.524 e. The quantitative estimate of drug-likeness (QED) is 0.173. The summed E-state index contributed by atoms with van der Waals surface area (Å²) >= 11 is 0. The molecule has 1 aliphatic heterocycles. The number of hydrogen-bond acceptors (Lipinski definition) is 15. The zero-order valence-electron chi connectivity index (χ0n) is 26.9. The second kappa shape index (κ2) is 15.2. The van der Waals surface area contributed by atoms with Gasteiger partial charge in [0, 0.05) is 64.3 Å². The van der Waals surface area contributed by atoms with Crippen LogP contribution in [0.4, 0.5) is 0 Å². The number of ether oxygens (including phenoxy) is 7. The number of carbonyl (C=O) groups is 6. The summed E-state index contributed by atoms with van der Waals surface area (Å²) in [5.74, 6) is -6.43. The molecule has 264 valence electrons. The summed E-state index contributed by atoms with van der Waals surface area (Å²) in [6.45, 7) is 5.47. The van der Waals surface area contributed by atoms with Crippen molar-refractivity contribution in [2.45, 2.75) is 53.2 Å². The van der Waals surface area contributed by atoms with E-state index in [1.807, 2.05) is 0 Å². The summed E-state index contributed by atoms with van der Waals surface area (Å²) in [6.07, 6.45) is -2.81. The van der Waals surface area contributed by atoms with Crippen LogP contribution in [0, 0.1) is 0 Å². The van der Waals surface area contributed by atoms with E-state index in [1.54, 1.807) is 0 Å². The van der Waals surface area contributed by atoms with Gasteiger partial charge in [-0.25, -0.2) is 9.36 Å². The third-order valence-corrected chi connectivity index (χ3v) is 6.80. The fraction of sp³-hybridized carbons (Fsp3) is 0.250. The van der Waals surface area contributed by atoms with Crippen molar-refractivity contribution >= 4 is 43.6 Å². The molecule has 3 aromatic carbocycles. The van der Waals surface area contributed by atoms with Crippen molar-refractivity contribution in [1.82, 2.24) is 0 Å². The molecule has 2 N–H and O–H groups in total. The van der Waals surface area contributed by atoms with E-state index >= 15 is 0 Å². The van der Waals surface area contributed by atoms with Crippen molar-refractivity contribution in [3.05, 3.63) is 65.2 Å². The van der Waals surface area contributed by atoms with Gasteiger partial charge >= 0.3 is 43.6 Å². The maximum absolute atomic E-state index is 13.4. The van der Waals surface area contributed by atoms with E-state index in [4.69, 9.17) is 42.9 Å². The van der Waals surface area contributed by atoms with E-state index in [-0.39, 0.29) is 57.6 Å². The van der Waals surface area contributed by atoms with Crippen molar-refractivity contribution in [3.8, 4) is 40.2 Å². The van der Waals surface area contributed by atoms with Gasteiger partial charge in [-0.3, -0.25) is 33.8 Å². The maximum atomic E-state index is 13.4. The molecule has 0 aliphatic carbocycles. The molecule has 18 heteroatoms. The fourth-order valence-corrected chi connectivity index (χ4v) is 5.14. The van der Waals surface area contributed by atoms with Crippen molar-refractivity contribution in [3.63, 3.8) is 0 Å². The zero-order chi connectivity index (χ0) is 36.9. The molecule has 0 aromatic heterocycles. The summed E-state index contributed by atoms with van der Waals surface area (Å²) in [6, 6.07) is 9.64. The minimum atomic E-state index is -4.88. The van der Waals surface area contributed by atoms with Crippen molar-refractivity contribution in [1.29, 1.82) is 0 Å². The molecular formula is C32H29O17P. The minimum Gasteiger partial charge on any atom is -0.481 e. The van der Waals surface area contributed by atoms with Crippen LogP contribution < -0.4 is 32.9 Å². The molecule has 1 aliphatic rings. The fourth-order valence-electron chi connectivity index (χ4n) is 4.74. The Kier molecular flexibility index (Phi) is 11.3. The summed E-state index contributed by atoms with van der Waals surface area (Å²) in [5.41, 5.74) is 0.200. The van der Waals surface area contributed by atoms with Crippen LogP contribution in [-0.2, 0) is 39.7 Å². The highest BCUT2D eigenvalue weighted by atomic mass is 31.2. The van der Waals surface area contributed by atoms with Gasteiger partial charge in [0.05, 0.1) is 5.56 Å². The average molecular weight is 717 g/mol. The first kappa shape index (κ1) is 37.1. The molecule has 4 rings (SSSR count). The average Bonchev–Trinajstić information content (AvgIpc) is 2.97. The van der Waals surface area contributed by atoms with Crippen LogP contribution in [-0.4, -0.2) is 51.7 Å². The van der Waals surface area contributed by atoms with Gasteiger partial charge in [0.25, 0.3) is 0 Å². The van der Waals surface area contributed by atoms with Gasteiger partial charge in [-0.05, 0) is 36.4 Å². The van der Waals surface area contributed by atoms with E-state index in [0.717, 1.165) is 46.8 Å². The van der Waals surface area contributed by atoms with E-state index < -0.39 is 61.6 Å². The SMILES string of the molecule is CC(=O)Oc1cc(OC(C)=O)c2c(c1)O[C@H](c1cc(OC(C)=O)c(OC(C)=O)c(OC(C)=O)c1)[C@H](OC(=O)c1ccc(OP(=O)(O)O)cc1)C2. The Hall–Kier alpha value is -5.77. The Morgan fingerprint density at radius 2 is 1.20 bits per heavy atom. The van der Waals surface area contributed by atoms with Crippen LogP contribution in [0.5, 0.6) is 40.2 Å². The van der Waals surface area contributed by atoms with Crippen molar-refractivity contribution < 1.29 is 80.8 Å². The van der Waals surface area contributed by atoms with E-state index in [9.17, 15) is 33.3 Å². The smallest absolute Gasteiger partial charge is 0.481 e. The van der Waals surface area contributed by atoms with Crippen molar-refractivity contribution in [2.75, 3.05) is 0 Å². The van der Waals surface area contributed by atoms with E-state index in [0.29, 0.717) is 0 Å². The number of rotatable bonds is 10. The van der Waals surface area contributed by atoms with Gasteiger partial charge in [-0.1, -0.05) is 0 Å². The lowest BCUT2D eigenvalue weighted by molar-refractivity contribution is -0.135. The standard InChI is InChI=1S/C32H29O17P/c1-15(33)42-23-12-25(43-16(2)34)24-14-29(48-32(38)20-6-8-22(9-7-20)49-50(39,40)41)30(47-26(24)13-23)21-10-27(44-17(3)35)31(46-19(5)37)28(11-21)45-18(4)36/h6-13,29-30H,14H2,1-5H3,(H2,39,40,41)/t29-,30-/m1/s1. The molecule has 0 saturated heterocycles. The first-order valence-corrected chi connectivity index (χ1v) is 15.9. The van der Waals surface area contributed by atoms with Crippen LogP contribution in [0.3, 0.4) is 0 Å². The van der Waals surface area contributed by atoms with Crippen LogP contribution in [0.15, 0.2) is 48.5 Å². The molecular weight excluding hydrogens is 687 g/mol. The Morgan fingerprint density at radius 1 is 0.680 bits per heavy atom. The lowest BCUT2D eigenvalue weighted by Crippen LogP contribution is -2.35. The number of carbonyl (C=O) groups excluding carboxylic acids is 6. The number of fused-ring (bicyclic) bond motifs is 1. The highest BCUT2D eigenvalue weighted by Gasteiger charge is 2.39. The van der Waals surface area contributed by atoms with Gasteiger partial charge in [0.15, 0.2) is 17.6 Å². The Morgan fingerprint density at radius 3 is 1.70 bits per heavy atom. The molecule has 17 nitrogen and oxygen atoms in total. The number of phosphoric ester groups is 1. The summed E-state index contributed by atoms with van der Waals surface area (Å²) < 4.78 is 54.1. The zero-order valence-corrected chi connectivity index (χ0v) is 27.8. The molecule has 0 unspecified atom stereocenters. The third kappa shape index (κ3) is 9.88. The topological polar surface area (TPSA) is 234 Å². The monoisotopic (exact) mass is 716 g/mol. The van der Waals surface area contributed by atoms with Crippen molar-refractivity contribution in [2.24, 2.45) is 0 Å². The van der Waals surface area contributed by atoms with Crippen LogP contribution in [0.2, 0.25) is 0 Å². The molecule has 0 fully saturated rings. The summed E-state index contributed by atoms with van der Waals surface area (Å²) in [5, 5.41) is 0. The van der Waals surface area contributed by atoms with Crippen LogP contribution >= 0.6 is 7.82 Å². The van der Waals surface area contributed by atoms with Gasteiger partial charge in [-0.2, -0.15) is 0 Å². The highest BCUT2D eigenvalue weighted by Crippen LogP contribution is 2.47. The summed E-state index contributed by atoms with van der Waals surface area (Å²) in [4.78, 5) is 91.3. The first-order chi connectivity index (χ1) is 23.4. The molecule has 2 atom stereocenters. The number of esters is 6. The molecule has 0 saturated carbocycles. The summed E-state index contributed by atoms with van der Waals surface area (Å²) in [7, 11) is -4.88. The van der Waals surface area contributed by atoms with Gasteiger partial charge in [-0.15, -0.1) is 0 Å². The van der Waals surface area contributed by atoms with Gasteiger partial charge in [0.1, 0.15) is 29.1 Å². The second-order valence-electron chi connectivity index (χ2n) is 10.5. The van der Waals surface area contributed by atoms with E-state index in [2.05, 4.69) is 4.52 Å². The predicted molar refractivity (Wildman–Crippen MR) is 165 cm³/mol. The van der Waals surface area contributed by atoms with E-state index in [1.165, 1.54) is 36.4 Å². The number of phosphoric acid groups is 1. The second-order valence-corrected chi connectivity index (χ2v) is 11.7. The normalized spacial score (nSPS) is 14.9. The Labute approximate surface area is 283 Å². The maximum Gasteiger partial charge on any atom is 0.524 e. The molecule has 0 spiro atoms. The van der Waals surface area contributed by atoms with Gasteiger partial charge in [0.2, 0.25) is 5.75 Å². The van der Waals surface area contributed by atoms with Gasteiger partial charge < -0.3 is 37.7 Å². The highest BCUT2D eigenvalue weighted by molar-refractivity contribution is 7.46. The lowest BCUT2D eigenvalue weighted by Gasteiger charge is -2.34. The third-order valence-electron chi connectivity index (χ3n) is 6.35. The molecule has 50 heavy (non-hydrogen) atoms. The number of hydrogen-bond donors (Lipinski definition) is 2.